The highest BCUT2D eigenvalue weighted by Gasteiger charge is 2.22. The second kappa shape index (κ2) is 7.55. The number of carbonyl (C=O) groups excluding carboxylic acids is 1. The SMILES string of the molecule is CN(C)S(=O)(=O)c1ccc2c(c1)nc(CCC(=O)N1CCc3sccc3C1)n2C. The summed E-state index contributed by atoms with van der Waals surface area (Å²) in [5.41, 5.74) is 2.73. The number of aryl methyl sites for hydroxylation is 2. The normalized spacial score (nSPS) is 14.6. The van der Waals surface area contributed by atoms with Gasteiger partial charge in [-0.05, 0) is 41.6 Å². The van der Waals surface area contributed by atoms with E-state index in [0.29, 0.717) is 24.9 Å². The first kappa shape index (κ1) is 20.1. The lowest BCUT2D eigenvalue weighted by Gasteiger charge is -2.27. The topological polar surface area (TPSA) is 75.5 Å². The smallest absolute Gasteiger partial charge is 0.242 e. The van der Waals surface area contributed by atoms with Crippen molar-refractivity contribution in [2.24, 2.45) is 7.05 Å². The maximum atomic E-state index is 12.7. The van der Waals surface area contributed by atoms with E-state index in [1.165, 1.54) is 28.8 Å². The third-order valence-corrected chi connectivity index (χ3v) is 8.28. The van der Waals surface area contributed by atoms with Gasteiger partial charge in [0.05, 0.1) is 15.9 Å². The lowest BCUT2D eigenvalue weighted by Crippen LogP contribution is -2.35. The van der Waals surface area contributed by atoms with Crippen molar-refractivity contribution in [3.8, 4) is 0 Å². The minimum atomic E-state index is -3.51. The van der Waals surface area contributed by atoms with Crippen LogP contribution in [0.4, 0.5) is 0 Å². The van der Waals surface area contributed by atoms with Gasteiger partial charge in [0.15, 0.2) is 0 Å². The third-order valence-electron chi connectivity index (χ3n) is 5.45. The van der Waals surface area contributed by atoms with E-state index in [0.717, 1.165) is 24.3 Å². The second-order valence-corrected chi connectivity index (χ2v) is 10.6. The lowest BCUT2D eigenvalue weighted by molar-refractivity contribution is -0.132. The third kappa shape index (κ3) is 3.70. The van der Waals surface area contributed by atoms with Crippen molar-refractivity contribution in [1.29, 1.82) is 0 Å². The number of carbonyl (C=O) groups is 1. The number of imidazole rings is 1. The molecule has 1 aromatic carbocycles. The van der Waals surface area contributed by atoms with Gasteiger partial charge < -0.3 is 9.47 Å². The van der Waals surface area contributed by atoms with Crippen LogP contribution in [0.1, 0.15) is 22.7 Å². The van der Waals surface area contributed by atoms with Gasteiger partial charge in [-0.2, -0.15) is 0 Å². The molecule has 9 heteroatoms. The maximum absolute atomic E-state index is 12.7. The van der Waals surface area contributed by atoms with E-state index in [4.69, 9.17) is 0 Å². The molecule has 3 heterocycles. The summed E-state index contributed by atoms with van der Waals surface area (Å²) in [6.07, 6.45) is 1.83. The molecule has 29 heavy (non-hydrogen) atoms. The summed E-state index contributed by atoms with van der Waals surface area (Å²) in [6, 6.07) is 7.07. The molecule has 3 aromatic rings. The molecule has 1 aliphatic rings. The monoisotopic (exact) mass is 432 g/mol. The molecule has 7 nitrogen and oxygen atoms in total. The van der Waals surface area contributed by atoms with Crippen LogP contribution < -0.4 is 0 Å². The molecule has 1 amide bonds. The summed E-state index contributed by atoms with van der Waals surface area (Å²) in [7, 11) is 1.41. The van der Waals surface area contributed by atoms with Crippen molar-refractivity contribution < 1.29 is 13.2 Å². The number of thiophene rings is 1. The van der Waals surface area contributed by atoms with Crippen LogP contribution in [0.15, 0.2) is 34.5 Å². The van der Waals surface area contributed by atoms with Crippen LogP contribution in [0.2, 0.25) is 0 Å². The molecule has 0 spiro atoms. The van der Waals surface area contributed by atoms with Crippen molar-refractivity contribution in [2.75, 3.05) is 20.6 Å². The van der Waals surface area contributed by atoms with Crippen LogP contribution in [0.25, 0.3) is 11.0 Å². The molecule has 4 rings (SSSR count). The molecule has 0 saturated heterocycles. The standard InChI is InChI=1S/C20H24N4O3S2/c1-22(2)29(26,27)15-4-5-17-16(12-15)21-19(23(17)3)6-7-20(25)24-10-8-18-14(13-24)9-11-28-18/h4-5,9,11-12H,6-8,10,13H2,1-3H3. The predicted molar refractivity (Wildman–Crippen MR) is 113 cm³/mol. The molecule has 0 fully saturated rings. The van der Waals surface area contributed by atoms with Gasteiger partial charge >= 0.3 is 0 Å². The first-order valence-electron chi connectivity index (χ1n) is 9.48. The summed E-state index contributed by atoms with van der Waals surface area (Å²) in [6.45, 7) is 1.45. The van der Waals surface area contributed by atoms with Crippen LogP contribution in [0.5, 0.6) is 0 Å². The Balaban J connectivity index is 1.50. The predicted octanol–water partition coefficient (Wildman–Crippen LogP) is 2.40. The Morgan fingerprint density at radius 1 is 1.28 bits per heavy atom. The minimum Gasteiger partial charge on any atom is -0.338 e. The number of hydrogen-bond donors (Lipinski definition) is 0. The number of amides is 1. The van der Waals surface area contributed by atoms with Gasteiger partial charge in [-0.1, -0.05) is 0 Å². The Morgan fingerprint density at radius 2 is 2.07 bits per heavy atom. The van der Waals surface area contributed by atoms with Gasteiger partial charge in [-0.3, -0.25) is 4.79 Å². The molecule has 0 saturated carbocycles. The number of sulfonamides is 1. The Labute approximate surface area is 174 Å². The van der Waals surface area contributed by atoms with Gasteiger partial charge in [-0.25, -0.2) is 17.7 Å². The molecule has 0 radical (unpaired) electrons. The molecule has 0 bridgehead atoms. The summed E-state index contributed by atoms with van der Waals surface area (Å²) in [5.74, 6) is 0.908. The van der Waals surface area contributed by atoms with E-state index in [1.54, 1.807) is 29.5 Å². The number of nitrogens with zero attached hydrogens (tertiary/aromatic N) is 4. The molecule has 2 aromatic heterocycles. The van der Waals surface area contributed by atoms with Gasteiger partial charge in [-0.15, -0.1) is 11.3 Å². The van der Waals surface area contributed by atoms with Gasteiger partial charge in [0, 0.05) is 52.0 Å². The highest BCUT2D eigenvalue weighted by atomic mass is 32.2. The maximum Gasteiger partial charge on any atom is 0.242 e. The minimum absolute atomic E-state index is 0.129. The zero-order valence-corrected chi connectivity index (χ0v) is 18.4. The average molecular weight is 433 g/mol. The van der Waals surface area contributed by atoms with Crippen molar-refractivity contribution in [3.63, 3.8) is 0 Å². The zero-order chi connectivity index (χ0) is 20.8. The fourth-order valence-electron chi connectivity index (χ4n) is 3.66. The van der Waals surface area contributed by atoms with E-state index in [2.05, 4.69) is 16.4 Å². The van der Waals surface area contributed by atoms with Gasteiger partial charge in [0.25, 0.3) is 0 Å². The highest BCUT2D eigenvalue weighted by molar-refractivity contribution is 7.89. The Morgan fingerprint density at radius 3 is 2.83 bits per heavy atom. The zero-order valence-electron chi connectivity index (χ0n) is 16.8. The van der Waals surface area contributed by atoms with Crippen molar-refractivity contribution in [1.82, 2.24) is 18.8 Å². The first-order chi connectivity index (χ1) is 13.8. The molecular formula is C20H24N4O3S2. The summed E-state index contributed by atoms with van der Waals surface area (Å²) in [4.78, 5) is 20.8. The molecule has 0 aliphatic carbocycles. The number of benzene rings is 1. The van der Waals surface area contributed by atoms with Crippen molar-refractivity contribution >= 4 is 38.3 Å². The molecule has 0 N–H and O–H groups in total. The van der Waals surface area contributed by atoms with E-state index in [1.807, 2.05) is 16.5 Å². The number of rotatable bonds is 5. The van der Waals surface area contributed by atoms with Crippen LogP contribution in [0, 0.1) is 0 Å². The number of hydrogen-bond acceptors (Lipinski definition) is 5. The van der Waals surface area contributed by atoms with E-state index in [9.17, 15) is 13.2 Å². The van der Waals surface area contributed by atoms with Crippen molar-refractivity contribution in [3.05, 3.63) is 45.9 Å². The Hall–Kier alpha value is -2.23. The Bertz CT molecular complexity index is 1180. The second-order valence-electron chi connectivity index (χ2n) is 7.46. The van der Waals surface area contributed by atoms with E-state index >= 15 is 0 Å². The van der Waals surface area contributed by atoms with Crippen molar-refractivity contribution in [2.45, 2.75) is 30.7 Å². The van der Waals surface area contributed by atoms with Crippen LogP contribution >= 0.6 is 11.3 Å². The van der Waals surface area contributed by atoms with Gasteiger partial charge in [0.1, 0.15) is 5.82 Å². The molecule has 1 aliphatic heterocycles. The van der Waals surface area contributed by atoms with E-state index in [-0.39, 0.29) is 10.8 Å². The highest BCUT2D eigenvalue weighted by Crippen LogP contribution is 2.25. The quantitative estimate of drug-likeness (QED) is 0.620. The lowest BCUT2D eigenvalue weighted by atomic mass is 10.1. The fourth-order valence-corrected chi connectivity index (χ4v) is 5.47. The molecule has 154 valence electrons. The largest absolute Gasteiger partial charge is 0.338 e. The van der Waals surface area contributed by atoms with Gasteiger partial charge in [0.2, 0.25) is 15.9 Å². The van der Waals surface area contributed by atoms with Crippen LogP contribution in [-0.4, -0.2) is 53.7 Å². The summed E-state index contributed by atoms with van der Waals surface area (Å²) >= 11 is 1.76. The Kier molecular flexibility index (Phi) is 5.22. The molecule has 0 unspecified atom stereocenters. The van der Waals surface area contributed by atoms with Crippen LogP contribution in [-0.2, 0) is 41.3 Å². The first-order valence-corrected chi connectivity index (χ1v) is 11.8. The fraction of sp³-hybridized carbons (Fsp3) is 0.400. The molecular weight excluding hydrogens is 408 g/mol. The average Bonchev–Trinajstić information content (AvgIpc) is 3.29. The number of fused-ring (bicyclic) bond motifs is 2. The number of aromatic nitrogens is 2. The summed E-state index contributed by atoms with van der Waals surface area (Å²) in [5, 5.41) is 2.09. The van der Waals surface area contributed by atoms with Crippen LogP contribution in [0.3, 0.4) is 0 Å². The molecule has 0 atom stereocenters. The van der Waals surface area contributed by atoms with E-state index < -0.39 is 10.0 Å². The summed E-state index contributed by atoms with van der Waals surface area (Å²) < 4.78 is 27.9.